The van der Waals surface area contributed by atoms with Gasteiger partial charge < -0.3 is 11.1 Å². The van der Waals surface area contributed by atoms with Crippen molar-refractivity contribution in [2.75, 3.05) is 5.32 Å². The molecule has 0 spiro atoms. The van der Waals surface area contributed by atoms with Gasteiger partial charge in [0, 0.05) is 0 Å². The Morgan fingerprint density at radius 3 is 2.62 bits per heavy atom. The number of aromatic nitrogens is 2. The van der Waals surface area contributed by atoms with Crippen LogP contribution in [0.4, 0.5) is 5.82 Å². The fourth-order valence-corrected chi connectivity index (χ4v) is 1.22. The first-order valence-electron chi connectivity index (χ1n) is 4.66. The number of nitrogens with two attached hydrogens (primary N) is 1. The molecule has 0 aliphatic rings. The van der Waals surface area contributed by atoms with Gasteiger partial charge in [0.2, 0.25) is 5.91 Å². The second-order valence-corrected chi connectivity index (χ2v) is 4.32. The van der Waals surface area contributed by atoms with Crippen molar-refractivity contribution in [3.63, 3.8) is 0 Å². The molecule has 0 aromatic carbocycles. The zero-order valence-corrected chi connectivity index (χ0v) is 10.4. The number of amides is 1. The third kappa shape index (κ3) is 3.04. The van der Waals surface area contributed by atoms with E-state index < -0.39 is 6.04 Å². The molecular weight excluding hydrogens is 251 g/mol. The Morgan fingerprint density at radius 2 is 2.06 bits per heavy atom. The predicted molar refractivity (Wildman–Crippen MR) is 63.5 cm³/mol. The molecule has 1 aromatic heterocycles. The number of rotatable bonds is 3. The molecule has 0 saturated heterocycles. The summed E-state index contributed by atoms with van der Waals surface area (Å²) in [5, 5.41) is 2.69. The van der Waals surface area contributed by atoms with Gasteiger partial charge in [-0.05, 0) is 5.92 Å². The summed E-state index contributed by atoms with van der Waals surface area (Å²) in [4.78, 5) is 19.1. The number of anilines is 1. The fraction of sp³-hybridized carbons (Fsp3) is 0.444. The third-order valence-electron chi connectivity index (χ3n) is 2.01. The van der Waals surface area contributed by atoms with Crippen LogP contribution in [0.3, 0.4) is 0 Å². The zero-order valence-electron chi connectivity index (χ0n) is 8.87. The van der Waals surface area contributed by atoms with E-state index in [4.69, 9.17) is 28.9 Å². The first-order valence-corrected chi connectivity index (χ1v) is 5.41. The molecule has 7 heteroatoms. The van der Waals surface area contributed by atoms with E-state index >= 15 is 0 Å². The zero-order chi connectivity index (χ0) is 12.3. The topological polar surface area (TPSA) is 80.9 Å². The Hall–Kier alpha value is -0.910. The average molecular weight is 263 g/mol. The molecule has 1 amide bonds. The van der Waals surface area contributed by atoms with Gasteiger partial charge >= 0.3 is 0 Å². The van der Waals surface area contributed by atoms with Crippen LogP contribution in [0, 0.1) is 5.92 Å². The summed E-state index contributed by atoms with van der Waals surface area (Å²) in [6.07, 6.45) is 1.21. The number of hydrogen-bond acceptors (Lipinski definition) is 4. The summed E-state index contributed by atoms with van der Waals surface area (Å²) in [6.45, 7) is 3.69. The molecule has 88 valence electrons. The first kappa shape index (κ1) is 13.2. The van der Waals surface area contributed by atoms with E-state index in [0.29, 0.717) is 0 Å². The van der Waals surface area contributed by atoms with Gasteiger partial charge in [0.25, 0.3) is 0 Å². The summed E-state index contributed by atoms with van der Waals surface area (Å²) < 4.78 is 0. The van der Waals surface area contributed by atoms with Gasteiger partial charge in [0.05, 0.1) is 6.04 Å². The van der Waals surface area contributed by atoms with Crippen molar-refractivity contribution in [1.82, 2.24) is 9.97 Å². The smallest absolute Gasteiger partial charge is 0.242 e. The number of hydrogen-bond donors (Lipinski definition) is 2. The SMILES string of the molecule is CC(C)[C@H](N)C(=O)Nc1ncnc(Cl)c1Cl. The van der Waals surface area contributed by atoms with Crippen LogP contribution in [0.2, 0.25) is 10.2 Å². The lowest BCUT2D eigenvalue weighted by Gasteiger charge is -2.15. The lowest BCUT2D eigenvalue weighted by atomic mass is 10.1. The van der Waals surface area contributed by atoms with Crippen molar-refractivity contribution in [2.24, 2.45) is 11.7 Å². The van der Waals surface area contributed by atoms with Crippen LogP contribution < -0.4 is 11.1 Å². The number of carbonyl (C=O) groups excluding carboxylic acids is 1. The highest BCUT2D eigenvalue weighted by atomic mass is 35.5. The van der Waals surface area contributed by atoms with Crippen molar-refractivity contribution in [3.05, 3.63) is 16.5 Å². The van der Waals surface area contributed by atoms with E-state index in [1.807, 2.05) is 13.8 Å². The van der Waals surface area contributed by atoms with Gasteiger partial charge in [-0.2, -0.15) is 0 Å². The number of halogens is 2. The molecular formula is C9H12Cl2N4O. The lowest BCUT2D eigenvalue weighted by molar-refractivity contribution is -0.118. The highest BCUT2D eigenvalue weighted by Gasteiger charge is 2.19. The highest BCUT2D eigenvalue weighted by Crippen LogP contribution is 2.25. The van der Waals surface area contributed by atoms with Crippen molar-refractivity contribution >= 4 is 34.9 Å². The van der Waals surface area contributed by atoms with E-state index in [1.54, 1.807) is 0 Å². The van der Waals surface area contributed by atoms with Crippen LogP contribution in [0.15, 0.2) is 6.33 Å². The molecule has 0 aliphatic carbocycles. The van der Waals surface area contributed by atoms with E-state index in [0.717, 1.165) is 0 Å². The lowest BCUT2D eigenvalue weighted by Crippen LogP contribution is -2.40. The molecule has 0 aliphatic heterocycles. The maximum absolute atomic E-state index is 11.6. The minimum absolute atomic E-state index is 0.0242. The summed E-state index contributed by atoms with van der Waals surface area (Å²) in [5.74, 6) is -0.162. The molecule has 0 fully saturated rings. The quantitative estimate of drug-likeness (QED) is 0.813. The molecule has 0 bridgehead atoms. The predicted octanol–water partition coefficient (Wildman–Crippen LogP) is 1.71. The van der Waals surface area contributed by atoms with Gasteiger partial charge in [-0.15, -0.1) is 0 Å². The molecule has 1 rings (SSSR count). The Morgan fingerprint density at radius 1 is 1.44 bits per heavy atom. The number of nitrogens with zero attached hydrogens (tertiary/aromatic N) is 2. The van der Waals surface area contributed by atoms with Crippen LogP contribution in [-0.4, -0.2) is 21.9 Å². The van der Waals surface area contributed by atoms with Crippen LogP contribution in [0.25, 0.3) is 0 Å². The Kier molecular flexibility index (Phi) is 4.46. The molecule has 16 heavy (non-hydrogen) atoms. The van der Waals surface area contributed by atoms with Gasteiger partial charge in [-0.1, -0.05) is 37.0 Å². The molecule has 0 radical (unpaired) electrons. The van der Waals surface area contributed by atoms with Crippen LogP contribution in [-0.2, 0) is 4.79 Å². The number of carbonyl (C=O) groups is 1. The third-order valence-corrected chi connectivity index (χ3v) is 2.75. The summed E-state index contributed by atoms with van der Waals surface area (Å²) in [7, 11) is 0. The van der Waals surface area contributed by atoms with Crippen molar-refractivity contribution in [1.29, 1.82) is 0 Å². The summed E-state index contributed by atoms with van der Waals surface area (Å²) in [6, 6.07) is -0.621. The largest absolute Gasteiger partial charge is 0.320 e. The van der Waals surface area contributed by atoms with E-state index in [9.17, 15) is 4.79 Å². The normalized spacial score (nSPS) is 12.6. The molecule has 1 atom stereocenters. The maximum Gasteiger partial charge on any atom is 0.242 e. The standard InChI is InChI=1S/C9H12Cl2N4O/c1-4(2)6(12)9(16)15-8-5(10)7(11)13-3-14-8/h3-4,6H,12H2,1-2H3,(H,13,14,15,16)/t6-/m0/s1. The molecule has 1 aromatic rings. The van der Waals surface area contributed by atoms with Crippen molar-refractivity contribution < 1.29 is 4.79 Å². The van der Waals surface area contributed by atoms with Gasteiger partial charge in [-0.3, -0.25) is 4.79 Å². The molecule has 5 nitrogen and oxygen atoms in total. The first-order chi connectivity index (χ1) is 7.43. The van der Waals surface area contributed by atoms with Crippen molar-refractivity contribution in [2.45, 2.75) is 19.9 Å². The van der Waals surface area contributed by atoms with Gasteiger partial charge in [0.15, 0.2) is 11.0 Å². The van der Waals surface area contributed by atoms with Crippen LogP contribution in [0.5, 0.6) is 0 Å². The van der Waals surface area contributed by atoms with Crippen LogP contribution >= 0.6 is 23.2 Å². The van der Waals surface area contributed by atoms with Gasteiger partial charge in [0.1, 0.15) is 11.3 Å². The van der Waals surface area contributed by atoms with E-state index in [1.165, 1.54) is 6.33 Å². The van der Waals surface area contributed by atoms with E-state index in [-0.39, 0.29) is 27.8 Å². The second kappa shape index (κ2) is 5.43. The Balaban J connectivity index is 2.81. The minimum Gasteiger partial charge on any atom is -0.320 e. The minimum atomic E-state index is -0.621. The highest BCUT2D eigenvalue weighted by molar-refractivity contribution is 6.42. The molecule has 1 heterocycles. The molecule has 3 N–H and O–H groups in total. The average Bonchev–Trinajstić information content (AvgIpc) is 2.23. The maximum atomic E-state index is 11.6. The molecule has 0 unspecified atom stereocenters. The Labute approximate surface area is 103 Å². The van der Waals surface area contributed by atoms with E-state index in [2.05, 4.69) is 15.3 Å². The fourth-order valence-electron chi connectivity index (χ4n) is 0.938. The monoisotopic (exact) mass is 262 g/mol. The summed E-state index contributed by atoms with van der Waals surface area (Å²) in [5.41, 5.74) is 5.66. The van der Waals surface area contributed by atoms with Crippen LogP contribution in [0.1, 0.15) is 13.8 Å². The second-order valence-electron chi connectivity index (χ2n) is 3.59. The van der Waals surface area contributed by atoms with Crippen molar-refractivity contribution in [3.8, 4) is 0 Å². The Bertz CT molecular complexity index is 397. The molecule has 0 saturated carbocycles. The van der Waals surface area contributed by atoms with Gasteiger partial charge in [-0.25, -0.2) is 9.97 Å². The number of nitrogens with one attached hydrogen (secondary N) is 1. The summed E-state index contributed by atoms with van der Waals surface area (Å²) >= 11 is 11.5.